The van der Waals surface area contributed by atoms with Gasteiger partial charge in [-0.1, -0.05) is 60.7 Å². The molecule has 0 unspecified atom stereocenters. The number of hydroxylamine groups is 2. The summed E-state index contributed by atoms with van der Waals surface area (Å²) in [7, 11) is 1.90. The van der Waals surface area contributed by atoms with Gasteiger partial charge in [0.15, 0.2) is 5.78 Å². The molecule has 0 spiro atoms. The largest absolute Gasteiger partial charge is 0.503 e. The van der Waals surface area contributed by atoms with E-state index in [1.54, 1.807) is 18.3 Å². The van der Waals surface area contributed by atoms with Crippen LogP contribution < -0.4 is 5.32 Å². The van der Waals surface area contributed by atoms with Crippen LogP contribution in [-0.2, 0) is 27.8 Å². The molecule has 1 atom stereocenters. The maximum Gasteiger partial charge on any atom is 0.503 e. The molecule has 1 saturated carbocycles. The number of fused-ring (bicyclic) bond motifs is 1. The van der Waals surface area contributed by atoms with E-state index < -0.39 is 6.16 Å². The molecule has 3 aromatic rings. The fourth-order valence-corrected chi connectivity index (χ4v) is 6.04. The number of aryl methyl sites for hydroxylation is 1. The zero-order chi connectivity index (χ0) is 30.9. The fourth-order valence-electron chi connectivity index (χ4n) is 5.57. The van der Waals surface area contributed by atoms with Gasteiger partial charge in [-0.15, -0.1) is 0 Å². The van der Waals surface area contributed by atoms with Crippen LogP contribution in [0.2, 0.25) is 10.0 Å². The van der Waals surface area contributed by atoms with E-state index in [0.717, 1.165) is 43.1 Å². The highest BCUT2D eigenvalue weighted by Gasteiger charge is 2.28. The zero-order valence-electron chi connectivity index (χ0n) is 24.1. The van der Waals surface area contributed by atoms with Crippen LogP contribution in [0, 0.1) is 0 Å². The Labute approximate surface area is 260 Å². The number of Topliss-reactive ketones (excluding diaryl/α,β-unsaturated/α-hetero) is 1. The topological polar surface area (TPSA) is 130 Å². The summed E-state index contributed by atoms with van der Waals surface area (Å²) in [6.07, 6.45) is 8.51. The first-order valence-electron chi connectivity index (χ1n) is 14.4. The van der Waals surface area contributed by atoms with E-state index in [2.05, 4.69) is 5.32 Å². The van der Waals surface area contributed by atoms with Gasteiger partial charge in [-0.3, -0.25) is 14.4 Å². The van der Waals surface area contributed by atoms with Crippen LogP contribution in [0.4, 0.5) is 10.5 Å². The Morgan fingerprint density at radius 3 is 2.47 bits per heavy atom. The van der Waals surface area contributed by atoms with Crippen molar-refractivity contribution in [3.63, 3.8) is 0 Å². The molecule has 1 aliphatic heterocycles. The number of anilines is 1. The molecule has 2 aromatic carbocycles. The number of hydrogen-bond acceptors (Lipinski definition) is 6. The first kappa shape index (κ1) is 32.8. The molecule has 232 valence electrons. The molecule has 1 amide bonds. The third-order valence-electron chi connectivity index (χ3n) is 7.70. The molecule has 0 bridgehead atoms. The maximum atomic E-state index is 13.0. The van der Waals surface area contributed by atoms with Crippen molar-refractivity contribution in [2.45, 2.75) is 63.5 Å². The van der Waals surface area contributed by atoms with E-state index in [0.29, 0.717) is 39.6 Å². The van der Waals surface area contributed by atoms with E-state index in [-0.39, 0.29) is 30.8 Å². The van der Waals surface area contributed by atoms with Crippen LogP contribution in [0.15, 0.2) is 42.6 Å². The number of benzene rings is 2. The van der Waals surface area contributed by atoms with Gasteiger partial charge in [0, 0.05) is 42.1 Å². The number of carboxylic acid groups (broad SMARTS) is 2. The molecule has 2 heterocycles. The smallest absolute Gasteiger partial charge is 0.450 e. The summed E-state index contributed by atoms with van der Waals surface area (Å²) in [5, 5.41) is 20.2. The van der Waals surface area contributed by atoms with Crippen molar-refractivity contribution < 1.29 is 34.2 Å². The summed E-state index contributed by atoms with van der Waals surface area (Å²) in [6.45, 7) is 1.41. The lowest BCUT2D eigenvalue weighted by Crippen LogP contribution is -2.36. The number of rotatable bonds is 10. The lowest BCUT2D eigenvalue weighted by molar-refractivity contribution is -0.185. The second-order valence-corrected chi connectivity index (χ2v) is 11.7. The minimum atomic E-state index is -1.83. The third-order valence-corrected chi connectivity index (χ3v) is 8.37. The molecule has 1 aromatic heterocycles. The number of nitrogens with zero attached hydrogens (tertiary/aromatic N) is 2. The lowest BCUT2D eigenvalue weighted by atomic mass is 9.98. The Morgan fingerprint density at radius 2 is 1.72 bits per heavy atom. The average Bonchev–Trinajstić information content (AvgIpc) is 3.57. The second-order valence-electron chi connectivity index (χ2n) is 10.8. The van der Waals surface area contributed by atoms with Crippen molar-refractivity contribution in [1.82, 2.24) is 9.63 Å². The highest BCUT2D eigenvalue weighted by Crippen LogP contribution is 2.31. The maximum absolute atomic E-state index is 13.0. The number of aromatic nitrogens is 1. The molecule has 1 saturated heterocycles. The summed E-state index contributed by atoms with van der Waals surface area (Å²) in [4.78, 5) is 40.2. The van der Waals surface area contributed by atoms with E-state index >= 15 is 0 Å². The summed E-state index contributed by atoms with van der Waals surface area (Å²) in [5.74, 6) is -0.381. The number of amides is 1. The van der Waals surface area contributed by atoms with E-state index in [1.807, 2.05) is 40.9 Å². The molecule has 5 rings (SSSR count). The van der Waals surface area contributed by atoms with E-state index in [4.69, 9.17) is 47.8 Å². The van der Waals surface area contributed by atoms with Crippen molar-refractivity contribution in [2.24, 2.45) is 7.05 Å². The number of para-hydroxylation sites is 1. The van der Waals surface area contributed by atoms with Crippen molar-refractivity contribution >= 4 is 57.6 Å². The minimum Gasteiger partial charge on any atom is -0.450 e. The molecule has 10 nitrogen and oxygen atoms in total. The van der Waals surface area contributed by atoms with Crippen LogP contribution in [0.5, 0.6) is 0 Å². The Morgan fingerprint density at radius 1 is 1.00 bits per heavy atom. The lowest BCUT2D eigenvalue weighted by Gasteiger charge is -2.27. The van der Waals surface area contributed by atoms with Gasteiger partial charge >= 0.3 is 6.16 Å². The summed E-state index contributed by atoms with van der Waals surface area (Å²) >= 11 is 13.0. The number of carbonyl (C=O) groups is 3. The number of nitrogens with one attached hydrogen (secondary N) is 1. The van der Waals surface area contributed by atoms with Gasteiger partial charge in [0.05, 0.1) is 35.0 Å². The number of halogens is 2. The molecule has 0 radical (unpaired) electrons. The molecule has 12 heteroatoms. The average molecular weight is 635 g/mol. The van der Waals surface area contributed by atoms with Gasteiger partial charge in [0.1, 0.15) is 6.61 Å². The SMILES string of the molecule is Cn1cc(C(=O)Nc2cc(Cl)c(CC(=O)CON3CCC[C@H]3COC3CCCCC3)cc2Cl)c2ccccc21.O=C(O)O. The Bertz CT molecular complexity index is 1430. The predicted molar refractivity (Wildman–Crippen MR) is 165 cm³/mol. The quantitative estimate of drug-likeness (QED) is 0.222. The van der Waals surface area contributed by atoms with Crippen LogP contribution in [0.1, 0.15) is 60.9 Å². The minimum absolute atomic E-state index is 0.0343. The summed E-state index contributed by atoms with van der Waals surface area (Å²) in [5.41, 5.74) is 2.49. The third kappa shape index (κ3) is 9.17. The molecule has 3 N–H and O–H groups in total. The van der Waals surface area contributed by atoms with Gasteiger partial charge in [-0.2, -0.15) is 5.06 Å². The number of ether oxygens (including phenoxy) is 1. The molecule has 2 aliphatic rings. The second kappa shape index (κ2) is 15.5. The highest BCUT2D eigenvalue weighted by molar-refractivity contribution is 6.36. The first-order chi connectivity index (χ1) is 20.6. The van der Waals surface area contributed by atoms with Crippen molar-refractivity contribution in [3.8, 4) is 0 Å². The van der Waals surface area contributed by atoms with Gasteiger partial charge in [-0.25, -0.2) is 4.79 Å². The van der Waals surface area contributed by atoms with Gasteiger partial charge in [-0.05, 0) is 49.4 Å². The molecule has 1 aliphatic carbocycles. The molecular formula is C31H37Cl2N3O7. The highest BCUT2D eigenvalue weighted by atomic mass is 35.5. The van der Waals surface area contributed by atoms with Gasteiger partial charge in [0.2, 0.25) is 0 Å². The van der Waals surface area contributed by atoms with Crippen molar-refractivity contribution in [1.29, 1.82) is 0 Å². The summed E-state index contributed by atoms with van der Waals surface area (Å²) < 4.78 is 8.05. The molecule has 2 fully saturated rings. The van der Waals surface area contributed by atoms with Gasteiger partial charge < -0.3 is 24.8 Å². The van der Waals surface area contributed by atoms with Crippen molar-refractivity contribution in [3.05, 3.63) is 63.8 Å². The molecule has 43 heavy (non-hydrogen) atoms. The van der Waals surface area contributed by atoms with Crippen LogP contribution in [0.3, 0.4) is 0 Å². The number of carbonyl (C=O) groups excluding carboxylic acids is 2. The monoisotopic (exact) mass is 633 g/mol. The van der Waals surface area contributed by atoms with Crippen molar-refractivity contribution in [2.75, 3.05) is 25.1 Å². The normalized spacial score (nSPS) is 17.4. The van der Waals surface area contributed by atoms with E-state index in [9.17, 15) is 9.59 Å². The zero-order valence-corrected chi connectivity index (χ0v) is 25.6. The van der Waals surface area contributed by atoms with E-state index in [1.165, 1.54) is 19.3 Å². The van der Waals surface area contributed by atoms with Crippen LogP contribution >= 0.6 is 23.2 Å². The summed E-state index contributed by atoms with van der Waals surface area (Å²) in [6, 6.07) is 11.1. The van der Waals surface area contributed by atoms with Gasteiger partial charge in [0.25, 0.3) is 5.91 Å². The Kier molecular flexibility index (Phi) is 11.8. The Hall–Kier alpha value is -3.15. The fraction of sp³-hybridized carbons (Fsp3) is 0.452. The predicted octanol–water partition coefficient (Wildman–Crippen LogP) is 6.82. The number of hydrogen-bond donors (Lipinski definition) is 3. The first-order valence-corrected chi connectivity index (χ1v) is 15.2. The van der Waals surface area contributed by atoms with Crippen LogP contribution in [0.25, 0.3) is 10.9 Å². The molecular weight excluding hydrogens is 597 g/mol. The Balaban J connectivity index is 0.000000996. The number of ketones is 1. The standard InChI is InChI=1S/C30H35Cl2N3O4.CH2O3/c1-34-17-25(24-11-5-6-12-29(24)34)30(37)33-28-16-26(31)20(15-27(28)32)14-22(36)19-39-35-13-7-8-21(35)18-38-23-9-3-2-4-10-23;2-1(3)4/h5-6,11-12,15-17,21,23H,2-4,7-10,13-14,18-19H2,1H3,(H,33,37);(H2,2,3,4)/t21-;/m0./s1. The van der Waals surface area contributed by atoms with Crippen LogP contribution in [-0.4, -0.2) is 69.6 Å².